The summed E-state index contributed by atoms with van der Waals surface area (Å²) in [6, 6.07) is 9.79. The summed E-state index contributed by atoms with van der Waals surface area (Å²) in [6.07, 6.45) is 0.656. The van der Waals surface area contributed by atoms with Crippen LogP contribution in [0.4, 0.5) is 0 Å². The second kappa shape index (κ2) is 5.92. The van der Waals surface area contributed by atoms with E-state index in [-0.39, 0.29) is 6.61 Å². The monoisotopic (exact) mass is 272 g/mol. The van der Waals surface area contributed by atoms with Crippen molar-refractivity contribution in [3.05, 3.63) is 47.3 Å². The van der Waals surface area contributed by atoms with Crippen molar-refractivity contribution in [1.82, 2.24) is 4.57 Å². The van der Waals surface area contributed by atoms with Gasteiger partial charge in [-0.05, 0) is 25.8 Å². The molecule has 0 saturated carbocycles. The number of nitrogens with two attached hydrogens (primary N) is 1. The van der Waals surface area contributed by atoms with Crippen LogP contribution in [0, 0.1) is 13.8 Å². The first-order valence-electron chi connectivity index (χ1n) is 6.73. The first kappa shape index (κ1) is 14.3. The number of hydrogen-bond donors (Lipinski definition) is 2. The molecule has 3 N–H and O–H groups in total. The van der Waals surface area contributed by atoms with Gasteiger partial charge in [-0.15, -0.1) is 0 Å². The van der Waals surface area contributed by atoms with Crippen molar-refractivity contribution in [2.75, 3.05) is 6.61 Å². The molecule has 0 radical (unpaired) electrons. The zero-order valence-electron chi connectivity index (χ0n) is 11.9. The number of rotatable bonds is 5. The lowest BCUT2D eigenvalue weighted by molar-refractivity contribution is 0.1000. The fourth-order valence-electron chi connectivity index (χ4n) is 2.71. The molecule has 1 heterocycles. The highest BCUT2D eigenvalue weighted by Crippen LogP contribution is 2.32. The molecule has 0 aliphatic rings. The Morgan fingerprint density at radius 2 is 1.85 bits per heavy atom. The highest BCUT2D eigenvalue weighted by atomic mass is 16.3. The number of carbonyl (C=O) groups excluding carboxylic acids is 1. The number of primary amides is 1. The van der Waals surface area contributed by atoms with Crippen LogP contribution >= 0.6 is 0 Å². The molecule has 0 aliphatic heterocycles. The second-order valence-electron chi connectivity index (χ2n) is 4.88. The Morgan fingerprint density at radius 1 is 1.20 bits per heavy atom. The largest absolute Gasteiger partial charge is 0.396 e. The number of aromatic nitrogens is 1. The molecular weight excluding hydrogens is 252 g/mol. The Balaban J connectivity index is 2.63. The number of benzene rings is 1. The molecule has 1 aromatic carbocycles. The molecule has 106 valence electrons. The number of nitrogens with zero attached hydrogens (tertiary/aromatic N) is 1. The fraction of sp³-hybridized carbons (Fsp3) is 0.312. The summed E-state index contributed by atoms with van der Waals surface area (Å²) in [6.45, 7) is 4.70. The first-order chi connectivity index (χ1) is 9.57. The van der Waals surface area contributed by atoms with E-state index in [0.717, 1.165) is 22.5 Å². The summed E-state index contributed by atoms with van der Waals surface area (Å²) in [7, 11) is 0. The van der Waals surface area contributed by atoms with Crippen LogP contribution in [0.3, 0.4) is 0 Å². The van der Waals surface area contributed by atoms with Crippen molar-refractivity contribution in [3.8, 4) is 11.1 Å². The minimum Gasteiger partial charge on any atom is -0.396 e. The van der Waals surface area contributed by atoms with Crippen LogP contribution in [-0.4, -0.2) is 22.2 Å². The molecule has 20 heavy (non-hydrogen) atoms. The highest BCUT2D eigenvalue weighted by molar-refractivity contribution is 6.02. The Kier molecular flexibility index (Phi) is 4.25. The molecule has 0 bridgehead atoms. The van der Waals surface area contributed by atoms with Gasteiger partial charge in [0.1, 0.15) is 0 Å². The van der Waals surface area contributed by atoms with Gasteiger partial charge in [0.05, 0.1) is 5.56 Å². The van der Waals surface area contributed by atoms with Gasteiger partial charge < -0.3 is 15.4 Å². The Bertz CT molecular complexity index is 615. The van der Waals surface area contributed by atoms with E-state index >= 15 is 0 Å². The van der Waals surface area contributed by atoms with Crippen LogP contribution in [0.5, 0.6) is 0 Å². The van der Waals surface area contributed by atoms with Crippen LogP contribution in [0.25, 0.3) is 11.1 Å². The highest BCUT2D eigenvalue weighted by Gasteiger charge is 2.21. The Labute approximate surface area is 118 Å². The van der Waals surface area contributed by atoms with Gasteiger partial charge in [0, 0.05) is 30.1 Å². The molecule has 4 heteroatoms. The predicted molar refractivity (Wildman–Crippen MR) is 79.6 cm³/mol. The summed E-state index contributed by atoms with van der Waals surface area (Å²) in [5.41, 5.74) is 9.90. The van der Waals surface area contributed by atoms with Crippen LogP contribution in [-0.2, 0) is 6.54 Å². The van der Waals surface area contributed by atoms with Gasteiger partial charge in [-0.2, -0.15) is 0 Å². The van der Waals surface area contributed by atoms with Gasteiger partial charge in [0.25, 0.3) is 5.91 Å². The molecule has 0 aliphatic carbocycles. The van der Waals surface area contributed by atoms with E-state index in [4.69, 9.17) is 10.8 Å². The predicted octanol–water partition coefficient (Wildman–Crippen LogP) is 2.25. The van der Waals surface area contributed by atoms with Crippen molar-refractivity contribution in [2.24, 2.45) is 5.73 Å². The minimum atomic E-state index is -0.410. The van der Waals surface area contributed by atoms with E-state index in [0.29, 0.717) is 18.5 Å². The van der Waals surface area contributed by atoms with Crippen molar-refractivity contribution < 1.29 is 9.90 Å². The van der Waals surface area contributed by atoms with Crippen LogP contribution in [0.2, 0.25) is 0 Å². The third-order valence-corrected chi connectivity index (χ3v) is 3.63. The molecule has 0 fully saturated rings. The number of hydrogen-bond acceptors (Lipinski definition) is 2. The number of amides is 1. The molecule has 1 aromatic heterocycles. The molecule has 0 spiro atoms. The fourth-order valence-corrected chi connectivity index (χ4v) is 2.71. The van der Waals surface area contributed by atoms with Gasteiger partial charge in [0.15, 0.2) is 0 Å². The smallest absolute Gasteiger partial charge is 0.251 e. The van der Waals surface area contributed by atoms with Crippen molar-refractivity contribution in [3.63, 3.8) is 0 Å². The number of carbonyl (C=O) groups is 1. The summed E-state index contributed by atoms with van der Waals surface area (Å²) in [4.78, 5) is 11.8. The third kappa shape index (κ3) is 2.47. The van der Waals surface area contributed by atoms with Crippen LogP contribution in [0.1, 0.15) is 28.2 Å². The maximum atomic E-state index is 11.8. The standard InChI is InChI=1S/C16H20N2O2/c1-11-14(13-7-4-3-5-8-13)15(16(17)20)12(2)18(11)9-6-10-19/h3-5,7-8,19H,6,9-10H2,1-2H3,(H2,17,20). The van der Waals surface area contributed by atoms with E-state index < -0.39 is 5.91 Å². The topological polar surface area (TPSA) is 68.2 Å². The summed E-state index contributed by atoms with van der Waals surface area (Å²) < 4.78 is 2.05. The molecule has 1 amide bonds. The minimum absolute atomic E-state index is 0.129. The van der Waals surface area contributed by atoms with E-state index in [1.165, 1.54) is 0 Å². The Hall–Kier alpha value is -2.07. The second-order valence-corrected chi connectivity index (χ2v) is 4.88. The maximum absolute atomic E-state index is 11.8. The molecule has 2 rings (SSSR count). The summed E-state index contributed by atoms with van der Waals surface area (Å²) in [5.74, 6) is -0.410. The van der Waals surface area contributed by atoms with Crippen LogP contribution < -0.4 is 5.73 Å². The van der Waals surface area contributed by atoms with Gasteiger partial charge in [0.2, 0.25) is 0 Å². The SMILES string of the molecule is Cc1c(C(N)=O)c(-c2ccccc2)c(C)n1CCCO. The summed E-state index contributed by atoms with van der Waals surface area (Å²) in [5, 5.41) is 9.01. The van der Waals surface area contributed by atoms with Crippen molar-refractivity contribution in [1.29, 1.82) is 0 Å². The molecule has 0 unspecified atom stereocenters. The number of aliphatic hydroxyl groups is 1. The van der Waals surface area contributed by atoms with E-state index in [2.05, 4.69) is 4.57 Å². The van der Waals surface area contributed by atoms with Crippen molar-refractivity contribution >= 4 is 5.91 Å². The van der Waals surface area contributed by atoms with Crippen LogP contribution in [0.15, 0.2) is 30.3 Å². The van der Waals surface area contributed by atoms with E-state index in [9.17, 15) is 4.79 Å². The lowest BCUT2D eigenvalue weighted by Gasteiger charge is -2.08. The molecular formula is C16H20N2O2. The van der Waals surface area contributed by atoms with Gasteiger partial charge in [-0.3, -0.25) is 4.79 Å². The van der Waals surface area contributed by atoms with Gasteiger partial charge in [-0.1, -0.05) is 30.3 Å². The maximum Gasteiger partial charge on any atom is 0.251 e. The van der Waals surface area contributed by atoms with E-state index in [1.807, 2.05) is 44.2 Å². The first-order valence-corrected chi connectivity index (χ1v) is 6.73. The van der Waals surface area contributed by atoms with Gasteiger partial charge >= 0.3 is 0 Å². The Morgan fingerprint density at radius 3 is 2.40 bits per heavy atom. The third-order valence-electron chi connectivity index (χ3n) is 3.63. The lowest BCUT2D eigenvalue weighted by Crippen LogP contribution is -2.13. The summed E-state index contributed by atoms with van der Waals surface area (Å²) >= 11 is 0. The molecule has 4 nitrogen and oxygen atoms in total. The molecule has 2 aromatic rings. The number of aliphatic hydroxyl groups excluding tert-OH is 1. The van der Waals surface area contributed by atoms with Crippen molar-refractivity contribution in [2.45, 2.75) is 26.8 Å². The average molecular weight is 272 g/mol. The zero-order valence-corrected chi connectivity index (χ0v) is 11.9. The quantitative estimate of drug-likeness (QED) is 0.876. The van der Waals surface area contributed by atoms with Gasteiger partial charge in [-0.25, -0.2) is 0 Å². The van der Waals surface area contributed by atoms with E-state index in [1.54, 1.807) is 0 Å². The zero-order chi connectivity index (χ0) is 14.7. The average Bonchev–Trinajstić information content (AvgIpc) is 2.69. The molecule has 0 saturated heterocycles. The lowest BCUT2D eigenvalue weighted by atomic mass is 10.0. The normalized spacial score (nSPS) is 10.8. The molecule has 0 atom stereocenters.